The summed E-state index contributed by atoms with van der Waals surface area (Å²) in [5.41, 5.74) is 1.45. The van der Waals surface area contributed by atoms with Gasteiger partial charge in [-0.15, -0.1) is 11.6 Å². The Morgan fingerprint density at radius 2 is 1.80 bits per heavy atom. The summed E-state index contributed by atoms with van der Waals surface area (Å²) < 4.78 is 19.2. The minimum absolute atomic E-state index is 0.337. The van der Waals surface area contributed by atoms with Gasteiger partial charge in [-0.3, -0.25) is 0 Å². The summed E-state index contributed by atoms with van der Waals surface area (Å²) in [5, 5.41) is 0.0450. The molecule has 0 heterocycles. The van der Waals surface area contributed by atoms with Crippen molar-refractivity contribution >= 4 is 34.8 Å². The van der Waals surface area contributed by atoms with Crippen molar-refractivity contribution in [3.63, 3.8) is 0 Å². The summed E-state index contributed by atoms with van der Waals surface area (Å²) in [7, 11) is 1.50. The van der Waals surface area contributed by atoms with E-state index in [9.17, 15) is 4.39 Å². The fourth-order valence-corrected chi connectivity index (χ4v) is 2.84. The lowest BCUT2D eigenvalue weighted by molar-refractivity contribution is 0.415. The molecule has 0 bridgehead atoms. The number of rotatable bonds is 3. The van der Waals surface area contributed by atoms with Crippen LogP contribution in [0.5, 0.6) is 5.75 Å². The molecule has 2 aromatic carbocycles. The number of hydrogen-bond acceptors (Lipinski definition) is 1. The van der Waals surface area contributed by atoms with Gasteiger partial charge in [0.25, 0.3) is 0 Å². The van der Waals surface area contributed by atoms with Crippen LogP contribution in [-0.2, 0) is 0 Å². The van der Waals surface area contributed by atoms with Crippen LogP contribution in [0.3, 0.4) is 0 Å². The first kappa shape index (κ1) is 15.4. The average molecular weight is 334 g/mol. The molecule has 20 heavy (non-hydrogen) atoms. The lowest BCUT2D eigenvalue weighted by atomic mass is 10.0. The van der Waals surface area contributed by atoms with Crippen molar-refractivity contribution in [2.75, 3.05) is 7.11 Å². The molecule has 2 aromatic rings. The fraction of sp³-hybridized carbons (Fsp3) is 0.200. The van der Waals surface area contributed by atoms with E-state index in [1.165, 1.54) is 7.11 Å². The van der Waals surface area contributed by atoms with E-state index in [0.717, 1.165) is 0 Å². The molecule has 1 unspecified atom stereocenters. The summed E-state index contributed by atoms with van der Waals surface area (Å²) in [4.78, 5) is 0. The van der Waals surface area contributed by atoms with E-state index in [1.54, 1.807) is 37.3 Å². The number of benzene rings is 2. The molecule has 0 saturated carbocycles. The summed E-state index contributed by atoms with van der Waals surface area (Å²) in [6.07, 6.45) is 0. The highest BCUT2D eigenvalue weighted by molar-refractivity contribution is 6.36. The molecule has 0 fully saturated rings. The van der Waals surface area contributed by atoms with Crippen molar-refractivity contribution < 1.29 is 9.13 Å². The third-order valence-corrected chi connectivity index (χ3v) is 4.13. The summed E-state index contributed by atoms with van der Waals surface area (Å²) >= 11 is 18.6. The van der Waals surface area contributed by atoms with Gasteiger partial charge in [-0.1, -0.05) is 41.4 Å². The molecule has 0 amide bonds. The highest BCUT2D eigenvalue weighted by atomic mass is 35.5. The number of halogens is 4. The van der Waals surface area contributed by atoms with Crippen LogP contribution in [0.15, 0.2) is 30.3 Å². The van der Waals surface area contributed by atoms with Crippen LogP contribution in [0.25, 0.3) is 0 Å². The van der Waals surface area contributed by atoms with Crippen molar-refractivity contribution in [1.82, 2.24) is 0 Å². The van der Waals surface area contributed by atoms with Crippen LogP contribution in [0, 0.1) is 12.7 Å². The van der Waals surface area contributed by atoms with Crippen LogP contribution in [0.2, 0.25) is 10.0 Å². The molecule has 2 rings (SSSR count). The third-order valence-electron chi connectivity index (χ3n) is 3.04. The highest BCUT2D eigenvalue weighted by Gasteiger charge is 2.20. The van der Waals surface area contributed by atoms with Gasteiger partial charge in [-0.2, -0.15) is 0 Å². The molecule has 0 aliphatic rings. The average Bonchev–Trinajstić information content (AvgIpc) is 2.43. The van der Waals surface area contributed by atoms with E-state index < -0.39 is 5.38 Å². The second-order valence-electron chi connectivity index (χ2n) is 4.35. The molecule has 0 N–H and O–H groups in total. The normalized spacial score (nSPS) is 12.3. The molecule has 0 radical (unpaired) electrons. The van der Waals surface area contributed by atoms with Gasteiger partial charge in [-0.05, 0) is 24.1 Å². The topological polar surface area (TPSA) is 9.23 Å². The van der Waals surface area contributed by atoms with E-state index in [0.29, 0.717) is 32.5 Å². The first-order valence-electron chi connectivity index (χ1n) is 5.87. The van der Waals surface area contributed by atoms with Gasteiger partial charge in [0.2, 0.25) is 0 Å². The third kappa shape index (κ3) is 2.88. The maximum atomic E-state index is 14.1. The molecule has 1 nitrogen and oxygen atoms in total. The Labute approximate surface area is 132 Å². The van der Waals surface area contributed by atoms with Gasteiger partial charge < -0.3 is 4.74 Å². The Balaban J connectivity index is 2.51. The molecule has 5 heteroatoms. The number of methoxy groups -OCH3 is 1. The summed E-state index contributed by atoms with van der Waals surface area (Å²) in [6, 6.07) is 8.24. The van der Waals surface area contributed by atoms with Crippen molar-refractivity contribution in [2.24, 2.45) is 0 Å². The zero-order valence-electron chi connectivity index (χ0n) is 10.9. The molecule has 0 spiro atoms. The van der Waals surface area contributed by atoms with Crippen molar-refractivity contribution in [1.29, 1.82) is 0 Å². The quantitative estimate of drug-likeness (QED) is 0.647. The SMILES string of the molecule is COc1cc(Cl)c(C(Cl)c2cccc(C)c2F)cc1Cl. The van der Waals surface area contributed by atoms with Gasteiger partial charge >= 0.3 is 0 Å². The van der Waals surface area contributed by atoms with Gasteiger partial charge in [0.15, 0.2) is 0 Å². The lowest BCUT2D eigenvalue weighted by Crippen LogP contribution is -2.00. The maximum absolute atomic E-state index is 14.1. The molecule has 1 atom stereocenters. The number of aryl methyl sites for hydroxylation is 1. The van der Waals surface area contributed by atoms with Crippen molar-refractivity contribution in [3.8, 4) is 5.75 Å². The van der Waals surface area contributed by atoms with E-state index in [-0.39, 0.29) is 5.82 Å². The van der Waals surface area contributed by atoms with Crippen molar-refractivity contribution in [2.45, 2.75) is 12.3 Å². The predicted molar refractivity (Wildman–Crippen MR) is 81.8 cm³/mol. The van der Waals surface area contributed by atoms with Crippen LogP contribution in [0.1, 0.15) is 22.1 Å². The lowest BCUT2D eigenvalue weighted by Gasteiger charge is -2.15. The summed E-state index contributed by atoms with van der Waals surface area (Å²) in [6.45, 7) is 1.69. The molecule has 0 aliphatic carbocycles. The Hall–Kier alpha value is -0.960. The Morgan fingerprint density at radius 1 is 1.10 bits per heavy atom. The highest BCUT2D eigenvalue weighted by Crippen LogP contribution is 2.40. The Bertz CT molecular complexity index is 643. The summed E-state index contributed by atoms with van der Waals surface area (Å²) in [5.74, 6) is 0.115. The number of hydrogen-bond donors (Lipinski definition) is 0. The number of ether oxygens (including phenoxy) is 1. The van der Waals surface area contributed by atoms with Crippen LogP contribution >= 0.6 is 34.8 Å². The number of alkyl halides is 1. The minimum Gasteiger partial charge on any atom is -0.495 e. The van der Waals surface area contributed by atoms with Gasteiger partial charge in [0, 0.05) is 16.7 Å². The van der Waals surface area contributed by atoms with Crippen molar-refractivity contribution in [3.05, 3.63) is 62.9 Å². The molecular weight excluding hydrogens is 322 g/mol. The van der Waals surface area contributed by atoms with Gasteiger partial charge in [0.1, 0.15) is 11.6 Å². The van der Waals surface area contributed by atoms with Crippen LogP contribution in [-0.4, -0.2) is 7.11 Å². The maximum Gasteiger partial charge on any atom is 0.138 e. The Morgan fingerprint density at radius 3 is 2.45 bits per heavy atom. The molecule has 0 aromatic heterocycles. The standard InChI is InChI=1S/C15H12Cl3FO/c1-8-4-3-5-9(15(8)19)14(18)10-6-12(17)13(20-2)7-11(10)16/h3-7,14H,1-2H3. The zero-order valence-corrected chi connectivity index (χ0v) is 13.2. The Kier molecular flexibility index (Phi) is 4.79. The fourth-order valence-electron chi connectivity index (χ4n) is 1.93. The first-order chi connectivity index (χ1) is 9.45. The molecular formula is C15H12Cl3FO. The van der Waals surface area contributed by atoms with Crippen LogP contribution < -0.4 is 4.74 Å². The van der Waals surface area contributed by atoms with Gasteiger partial charge in [-0.25, -0.2) is 4.39 Å². The van der Waals surface area contributed by atoms with E-state index in [1.807, 2.05) is 0 Å². The second-order valence-corrected chi connectivity index (χ2v) is 5.60. The largest absolute Gasteiger partial charge is 0.495 e. The molecule has 106 valence electrons. The van der Waals surface area contributed by atoms with Crippen LogP contribution in [0.4, 0.5) is 4.39 Å². The monoisotopic (exact) mass is 332 g/mol. The predicted octanol–water partition coefficient (Wildman–Crippen LogP) is 5.78. The smallest absolute Gasteiger partial charge is 0.138 e. The first-order valence-corrected chi connectivity index (χ1v) is 7.07. The molecule has 0 aliphatic heterocycles. The van der Waals surface area contributed by atoms with E-state index >= 15 is 0 Å². The molecule has 0 saturated heterocycles. The zero-order chi connectivity index (χ0) is 14.9. The second kappa shape index (κ2) is 6.21. The van der Waals surface area contributed by atoms with Gasteiger partial charge in [0.05, 0.1) is 17.5 Å². The minimum atomic E-state index is -0.717. The van der Waals surface area contributed by atoms with E-state index in [2.05, 4.69) is 0 Å². The van der Waals surface area contributed by atoms with E-state index in [4.69, 9.17) is 39.5 Å².